The predicted octanol–water partition coefficient (Wildman–Crippen LogP) is 5.88. The topological polar surface area (TPSA) is 125 Å². The Morgan fingerprint density at radius 2 is 1.80 bits per heavy atom. The van der Waals surface area contributed by atoms with Crippen molar-refractivity contribution in [2.75, 3.05) is 26.3 Å². The van der Waals surface area contributed by atoms with Crippen molar-refractivity contribution >= 4 is 39.6 Å². The Kier molecular flexibility index (Phi) is 13.7. The van der Waals surface area contributed by atoms with Gasteiger partial charge in [-0.15, -0.1) is 13.2 Å². The summed E-state index contributed by atoms with van der Waals surface area (Å²) in [6, 6.07) is 7.70. The Balaban J connectivity index is 1.70. The molecule has 282 valence electrons. The van der Waals surface area contributed by atoms with Crippen molar-refractivity contribution in [1.29, 1.82) is 0 Å². The van der Waals surface area contributed by atoms with Crippen LogP contribution >= 0.6 is 15.9 Å². The van der Waals surface area contributed by atoms with Gasteiger partial charge in [-0.1, -0.05) is 92.0 Å². The molecule has 0 aromatic heterocycles. The highest BCUT2D eigenvalue weighted by atomic mass is 79.9. The number of nitrogens with zero attached hydrogens (tertiary/aromatic N) is 2. The van der Waals surface area contributed by atoms with E-state index in [0.29, 0.717) is 45.2 Å². The Hall–Kier alpha value is -3.02. The van der Waals surface area contributed by atoms with E-state index in [1.54, 1.807) is 17.1 Å². The van der Waals surface area contributed by atoms with Gasteiger partial charge in [-0.3, -0.25) is 19.2 Å². The highest BCUT2D eigenvalue weighted by Crippen LogP contribution is 2.60. The lowest BCUT2D eigenvalue weighted by atomic mass is 9.70. The summed E-state index contributed by atoms with van der Waals surface area (Å²) >= 11 is 3.79. The molecule has 11 heteroatoms. The van der Waals surface area contributed by atoms with Crippen LogP contribution in [0.1, 0.15) is 97.6 Å². The molecule has 1 spiro atoms. The van der Waals surface area contributed by atoms with E-state index in [-0.39, 0.29) is 47.6 Å². The fourth-order valence-electron chi connectivity index (χ4n) is 8.64. The van der Waals surface area contributed by atoms with Crippen LogP contribution in [0.5, 0.6) is 0 Å². The first-order valence-corrected chi connectivity index (χ1v) is 19.3. The second-order valence-electron chi connectivity index (χ2n) is 16.1. The quantitative estimate of drug-likeness (QED) is 0.0779. The van der Waals surface area contributed by atoms with Crippen LogP contribution < -0.4 is 5.32 Å². The van der Waals surface area contributed by atoms with Gasteiger partial charge in [0.05, 0.1) is 24.0 Å². The number of alkyl halides is 1. The zero-order valence-corrected chi connectivity index (χ0v) is 32.7. The van der Waals surface area contributed by atoms with E-state index >= 15 is 4.79 Å². The molecule has 51 heavy (non-hydrogen) atoms. The van der Waals surface area contributed by atoms with Crippen LogP contribution in [0.15, 0.2) is 55.6 Å². The normalized spacial score (nSPS) is 26.1. The van der Waals surface area contributed by atoms with Gasteiger partial charge < -0.3 is 29.7 Å². The third kappa shape index (κ3) is 9.14. The summed E-state index contributed by atoms with van der Waals surface area (Å²) in [6.45, 7) is 18.8. The van der Waals surface area contributed by atoms with E-state index in [2.05, 4.69) is 69.0 Å². The molecule has 3 aliphatic rings. The number of unbranched alkanes of at least 4 members (excludes halogenated alkanes) is 3. The van der Waals surface area contributed by atoms with Gasteiger partial charge in [0.15, 0.2) is 0 Å². The second kappa shape index (κ2) is 17.2. The van der Waals surface area contributed by atoms with Crippen molar-refractivity contribution in [2.24, 2.45) is 17.3 Å². The zero-order valence-electron chi connectivity index (χ0n) is 31.1. The Bertz CT molecular complexity index is 1410. The van der Waals surface area contributed by atoms with Gasteiger partial charge >= 0.3 is 5.97 Å². The molecule has 1 unspecified atom stereocenters. The monoisotopic (exact) mass is 771 g/mol. The maximum atomic E-state index is 15.1. The molecule has 0 saturated carbocycles. The smallest absolute Gasteiger partial charge is 0.306 e. The largest absolute Gasteiger partial charge is 0.463 e. The molecule has 3 aliphatic heterocycles. The number of amides is 3. The van der Waals surface area contributed by atoms with Crippen LogP contribution in [0, 0.1) is 17.3 Å². The standard InChI is InChI=1S/C40H58BrN3O7/c1-8-10-20-30(46)50-25-29(27-18-14-13-15-19-27)42-35(47)31-32-36(48)43(22-16-11-12-17-23-45)34(40(32)24-28(41)33(31)51-40)37(49)44(21-9-2)39(6,7)26-38(3,4)5/h8-9,13-15,18-19,28-29,31-34,45H,1-2,10-12,16-17,20-26H2,3-7H3,(H,42,47)/t28?,29-,31+,32-,33+,34+,40-/m0/s1. The average molecular weight is 773 g/mol. The minimum Gasteiger partial charge on any atom is -0.463 e. The molecule has 4 rings (SSSR count). The highest BCUT2D eigenvalue weighted by Gasteiger charge is 2.76. The number of hydrogen-bond acceptors (Lipinski definition) is 7. The number of aliphatic hydroxyl groups excluding tert-OH is 1. The Labute approximate surface area is 312 Å². The van der Waals surface area contributed by atoms with Crippen LogP contribution in [0.3, 0.4) is 0 Å². The Morgan fingerprint density at radius 1 is 1.12 bits per heavy atom. The molecule has 0 radical (unpaired) electrons. The van der Waals surface area contributed by atoms with Crippen LogP contribution in [0.25, 0.3) is 0 Å². The van der Waals surface area contributed by atoms with E-state index in [0.717, 1.165) is 18.4 Å². The number of rotatable bonds is 19. The number of likely N-dealkylation sites (tertiary alicyclic amines) is 1. The third-order valence-corrected chi connectivity index (χ3v) is 11.2. The summed E-state index contributed by atoms with van der Waals surface area (Å²) < 4.78 is 12.4. The van der Waals surface area contributed by atoms with E-state index in [1.165, 1.54) is 0 Å². The van der Waals surface area contributed by atoms with Crippen LogP contribution in [-0.2, 0) is 28.7 Å². The molecule has 3 heterocycles. The summed E-state index contributed by atoms with van der Waals surface area (Å²) in [4.78, 5) is 59.9. The maximum absolute atomic E-state index is 15.1. The molecule has 3 saturated heterocycles. The fourth-order valence-corrected chi connectivity index (χ4v) is 9.59. The molecular weight excluding hydrogens is 714 g/mol. The Morgan fingerprint density at radius 3 is 2.43 bits per heavy atom. The van der Waals surface area contributed by atoms with Crippen LogP contribution in [-0.4, -0.2) is 93.0 Å². The number of esters is 1. The van der Waals surface area contributed by atoms with Gasteiger partial charge in [0, 0.05) is 36.5 Å². The fraction of sp³-hybridized carbons (Fsp3) is 0.650. The van der Waals surface area contributed by atoms with Gasteiger partial charge in [-0.2, -0.15) is 0 Å². The third-order valence-electron chi connectivity index (χ3n) is 10.4. The number of aliphatic hydroxyl groups is 1. The number of nitrogens with one attached hydrogen (secondary N) is 1. The number of halogens is 1. The summed E-state index contributed by atoms with van der Waals surface area (Å²) in [6.07, 6.45) is 7.42. The number of hydrogen-bond donors (Lipinski definition) is 2. The summed E-state index contributed by atoms with van der Waals surface area (Å²) in [5.74, 6) is -2.98. The number of benzene rings is 1. The molecule has 7 atom stereocenters. The number of carbonyl (C=O) groups is 4. The molecule has 1 aromatic rings. The second-order valence-corrected chi connectivity index (χ2v) is 17.3. The van der Waals surface area contributed by atoms with Gasteiger partial charge in [0.1, 0.15) is 18.2 Å². The van der Waals surface area contributed by atoms with Crippen molar-refractivity contribution in [3.63, 3.8) is 0 Å². The molecule has 0 aliphatic carbocycles. The van der Waals surface area contributed by atoms with E-state index < -0.39 is 47.1 Å². The lowest BCUT2D eigenvalue weighted by molar-refractivity contribution is -0.153. The first kappa shape index (κ1) is 40.7. The van der Waals surface area contributed by atoms with Gasteiger partial charge in [0.2, 0.25) is 17.7 Å². The van der Waals surface area contributed by atoms with Crippen molar-refractivity contribution in [1.82, 2.24) is 15.1 Å². The van der Waals surface area contributed by atoms with Crippen molar-refractivity contribution in [2.45, 2.75) is 120 Å². The van der Waals surface area contributed by atoms with Gasteiger partial charge in [-0.05, 0) is 56.9 Å². The van der Waals surface area contributed by atoms with E-state index in [1.807, 2.05) is 35.2 Å². The van der Waals surface area contributed by atoms with Crippen LogP contribution in [0.2, 0.25) is 0 Å². The maximum Gasteiger partial charge on any atom is 0.306 e. The highest BCUT2D eigenvalue weighted by molar-refractivity contribution is 9.09. The minimum absolute atomic E-state index is 0.0775. The van der Waals surface area contributed by atoms with Crippen molar-refractivity contribution < 1.29 is 33.8 Å². The predicted molar refractivity (Wildman–Crippen MR) is 201 cm³/mol. The lowest BCUT2D eigenvalue weighted by Crippen LogP contribution is -2.61. The molecule has 2 N–H and O–H groups in total. The number of fused-ring (bicyclic) bond motifs is 1. The molecule has 2 bridgehead atoms. The average Bonchev–Trinajstić information content (AvgIpc) is 3.66. The SMILES string of the molecule is C=CCCC(=O)OC[C@H](NC(=O)[C@H]1[C@@H]2O[C@@]3(CC2Br)[C@@H]1C(=O)N(CCCCCCO)[C@@H]3C(=O)N(CC=C)C(C)(C)CC(C)(C)C)c1ccccc1. The first-order valence-electron chi connectivity index (χ1n) is 18.4. The number of allylic oxidation sites excluding steroid dienone is 1. The molecule has 3 amide bonds. The molecule has 1 aromatic carbocycles. The van der Waals surface area contributed by atoms with Crippen LogP contribution in [0.4, 0.5) is 0 Å². The number of carbonyl (C=O) groups excluding carboxylic acids is 4. The molecular formula is C40H58BrN3O7. The summed E-state index contributed by atoms with van der Waals surface area (Å²) in [7, 11) is 0. The van der Waals surface area contributed by atoms with E-state index in [4.69, 9.17) is 9.47 Å². The first-order chi connectivity index (χ1) is 24.1. The lowest BCUT2D eigenvalue weighted by Gasteiger charge is -2.45. The van der Waals surface area contributed by atoms with Gasteiger partial charge in [-0.25, -0.2) is 0 Å². The molecule has 10 nitrogen and oxygen atoms in total. The summed E-state index contributed by atoms with van der Waals surface area (Å²) in [5, 5.41) is 12.4. The van der Waals surface area contributed by atoms with Gasteiger partial charge in [0.25, 0.3) is 0 Å². The van der Waals surface area contributed by atoms with E-state index in [9.17, 15) is 19.5 Å². The summed E-state index contributed by atoms with van der Waals surface area (Å²) in [5.41, 5.74) is -1.10. The minimum atomic E-state index is -1.21. The number of ether oxygens (including phenoxy) is 2. The molecule has 3 fully saturated rings. The zero-order chi connectivity index (χ0) is 37.6. The van der Waals surface area contributed by atoms with Crippen molar-refractivity contribution in [3.05, 3.63) is 61.2 Å². The van der Waals surface area contributed by atoms with Crippen molar-refractivity contribution in [3.8, 4) is 0 Å².